The summed E-state index contributed by atoms with van der Waals surface area (Å²) in [6.45, 7) is 2.19. The molecule has 0 bridgehead atoms. The second-order valence-corrected chi connectivity index (χ2v) is 5.46. The van der Waals surface area contributed by atoms with Gasteiger partial charge in [-0.1, -0.05) is 36.9 Å². The Morgan fingerprint density at radius 2 is 2.00 bits per heavy atom. The van der Waals surface area contributed by atoms with E-state index in [1.165, 1.54) is 10.6 Å². The van der Waals surface area contributed by atoms with Gasteiger partial charge in [0, 0.05) is 16.8 Å². The number of pyridine rings is 1. The van der Waals surface area contributed by atoms with E-state index >= 15 is 0 Å². The van der Waals surface area contributed by atoms with Crippen molar-refractivity contribution in [3.05, 3.63) is 54.4 Å². The molecular formula is C14H14N2S. The highest BCUT2D eigenvalue weighted by molar-refractivity contribution is 8.00. The Kier molecular flexibility index (Phi) is 2.56. The molecule has 0 unspecified atom stereocenters. The summed E-state index contributed by atoms with van der Waals surface area (Å²) in [5, 5.41) is 3.61. The van der Waals surface area contributed by atoms with E-state index < -0.39 is 0 Å². The van der Waals surface area contributed by atoms with Gasteiger partial charge in [0.15, 0.2) is 0 Å². The molecule has 1 aromatic carbocycles. The summed E-state index contributed by atoms with van der Waals surface area (Å²) in [5.41, 5.74) is 2.31. The number of aromatic nitrogens is 1. The van der Waals surface area contributed by atoms with E-state index in [9.17, 15) is 0 Å². The van der Waals surface area contributed by atoms with Gasteiger partial charge in [-0.3, -0.25) is 4.98 Å². The molecule has 0 amide bonds. The molecule has 2 aromatic rings. The quantitative estimate of drug-likeness (QED) is 0.865. The zero-order valence-electron chi connectivity index (χ0n) is 9.68. The number of nitrogens with one attached hydrogen (secondary N) is 1. The maximum atomic E-state index is 4.50. The van der Waals surface area contributed by atoms with Crippen LogP contribution < -0.4 is 5.32 Å². The van der Waals surface area contributed by atoms with Gasteiger partial charge in [0.25, 0.3) is 0 Å². The first-order valence-corrected chi connectivity index (χ1v) is 6.63. The van der Waals surface area contributed by atoms with Gasteiger partial charge >= 0.3 is 0 Å². The standard InChI is InChI=1S/C14H14N2S/c1-2-14(13-9-5-6-10-15-13)16-11-7-3-4-8-12(11)17-14/h3-10,16H,2H2,1H3/t14-/m0/s1. The number of anilines is 1. The number of benzene rings is 1. The predicted octanol–water partition coefficient (Wildman–Crippen LogP) is 3.86. The van der Waals surface area contributed by atoms with Crippen molar-refractivity contribution in [3.8, 4) is 0 Å². The molecule has 0 saturated heterocycles. The smallest absolute Gasteiger partial charge is 0.131 e. The first-order valence-electron chi connectivity index (χ1n) is 5.82. The van der Waals surface area contributed by atoms with Crippen molar-refractivity contribution in [2.75, 3.05) is 5.32 Å². The van der Waals surface area contributed by atoms with Crippen LogP contribution in [-0.2, 0) is 4.87 Å². The van der Waals surface area contributed by atoms with Crippen LogP contribution in [0.1, 0.15) is 19.0 Å². The highest BCUT2D eigenvalue weighted by Crippen LogP contribution is 2.51. The maximum Gasteiger partial charge on any atom is 0.131 e. The first-order chi connectivity index (χ1) is 8.34. The highest BCUT2D eigenvalue weighted by Gasteiger charge is 2.38. The van der Waals surface area contributed by atoms with Gasteiger partial charge in [-0.2, -0.15) is 0 Å². The molecule has 1 aliphatic heterocycles. The van der Waals surface area contributed by atoms with E-state index in [-0.39, 0.29) is 4.87 Å². The van der Waals surface area contributed by atoms with Gasteiger partial charge < -0.3 is 5.32 Å². The van der Waals surface area contributed by atoms with E-state index in [1.807, 2.05) is 30.1 Å². The summed E-state index contributed by atoms with van der Waals surface area (Å²) < 4.78 is 0. The number of fused-ring (bicyclic) bond motifs is 1. The lowest BCUT2D eigenvalue weighted by Gasteiger charge is -2.27. The lowest BCUT2D eigenvalue weighted by atomic mass is 10.1. The third-order valence-corrected chi connectivity index (χ3v) is 4.61. The number of para-hydroxylation sites is 1. The van der Waals surface area contributed by atoms with Crippen molar-refractivity contribution in [1.82, 2.24) is 4.98 Å². The van der Waals surface area contributed by atoms with Crippen molar-refractivity contribution in [1.29, 1.82) is 0 Å². The Bertz CT molecular complexity index is 500. The SMILES string of the molecule is CC[C@]1(c2ccccn2)Nc2ccccc2S1. The summed E-state index contributed by atoms with van der Waals surface area (Å²) in [6.07, 6.45) is 2.86. The van der Waals surface area contributed by atoms with Gasteiger partial charge in [-0.05, 0) is 30.7 Å². The van der Waals surface area contributed by atoms with Crippen LogP contribution in [0.25, 0.3) is 0 Å². The molecule has 1 atom stereocenters. The van der Waals surface area contributed by atoms with Crippen molar-refractivity contribution >= 4 is 17.4 Å². The van der Waals surface area contributed by atoms with Crippen LogP contribution in [0.3, 0.4) is 0 Å². The topological polar surface area (TPSA) is 24.9 Å². The fraction of sp³-hybridized carbons (Fsp3) is 0.214. The number of hydrogen-bond donors (Lipinski definition) is 1. The maximum absolute atomic E-state index is 4.50. The van der Waals surface area contributed by atoms with Crippen LogP contribution in [0.15, 0.2) is 53.6 Å². The molecule has 0 spiro atoms. The zero-order valence-corrected chi connectivity index (χ0v) is 10.5. The number of thioether (sulfide) groups is 1. The Balaban J connectivity index is 2.03. The molecule has 3 heteroatoms. The molecule has 17 heavy (non-hydrogen) atoms. The van der Waals surface area contributed by atoms with Crippen LogP contribution >= 0.6 is 11.8 Å². The van der Waals surface area contributed by atoms with E-state index in [2.05, 4.69) is 47.6 Å². The second kappa shape index (κ2) is 4.08. The minimum absolute atomic E-state index is 0.106. The van der Waals surface area contributed by atoms with Crippen LogP contribution in [0, 0.1) is 0 Å². The summed E-state index contributed by atoms with van der Waals surface area (Å²) in [5.74, 6) is 0. The van der Waals surface area contributed by atoms with E-state index in [4.69, 9.17) is 0 Å². The van der Waals surface area contributed by atoms with Gasteiger partial charge in [0.1, 0.15) is 4.87 Å². The summed E-state index contributed by atoms with van der Waals surface area (Å²) >= 11 is 1.86. The largest absolute Gasteiger partial charge is 0.365 e. The fourth-order valence-electron chi connectivity index (χ4n) is 2.15. The Morgan fingerprint density at radius 1 is 1.18 bits per heavy atom. The summed E-state index contributed by atoms with van der Waals surface area (Å²) in [4.78, 5) is 5.70. The predicted molar refractivity (Wildman–Crippen MR) is 72.1 cm³/mol. The summed E-state index contributed by atoms with van der Waals surface area (Å²) in [6, 6.07) is 14.5. The van der Waals surface area contributed by atoms with Crippen molar-refractivity contribution in [3.63, 3.8) is 0 Å². The molecule has 1 aliphatic rings. The van der Waals surface area contributed by atoms with Crippen LogP contribution in [-0.4, -0.2) is 4.98 Å². The van der Waals surface area contributed by atoms with E-state index in [0.29, 0.717) is 0 Å². The Morgan fingerprint density at radius 3 is 2.71 bits per heavy atom. The average molecular weight is 242 g/mol. The van der Waals surface area contributed by atoms with E-state index in [1.54, 1.807) is 0 Å². The highest BCUT2D eigenvalue weighted by atomic mass is 32.2. The molecule has 0 radical (unpaired) electrons. The van der Waals surface area contributed by atoms with Gasteiger partial charge in [-0.15, -0.1) is 0 Å². The molecule has 0 saturated carbocycles. The number of rotatable bonds is 2. The second-order valence-electron chi connectivity index (χ2n) is 4.12. The number of nitrogens with zero attached hydrogens (tertiary/aromatic N) is 1. The Labute approximate surface area is 105 Å². The molecule has 2 heterocycles. The lowest BCUT2D eigenvalue weighted by molar-refractivity contribution is 0.668. The summed E-state index contributed by atoms with van der Waals surface area (Å²) in [7, 11) is 0. The normalized spacial score (nSPS) is 21.9. The molecule has 0 aliphatic carbocycles. The molecule has 1 N–H and O–H groups in total. The van der Waals surface area contributed by atoms with Crippen molar-refractivity contribution in [2.24, 2.45) is 0 Å². The zero-order chi connectivity index (χ0) is 11.7. The monoisotopic (exact) mass is 242 g/mol. The molecule has 1 aromatic heterocycles. The van der Waals surface area contributed by atoms with Crippen LogP contribution in [0.5, 0.6) is 0 Å². The fourth-order valence-corrected chi connectivity index (χ4v) is 3.43. The first kappa shape index (κ1) is 10.7. The van der Waals surface area contributed by atoms with Crippen molar-refractivity contribution < 1.29 is 0 Å². The Hall–Kier alpha value is -1.48. The minimum atomic E-state index is -0.106. The third-order valence-electron chi connectivity index (χ3n) is 3.08. The van der Waals surface area contributed by atoms with Crippen molar-refractivity contribution in [2.45, 2.75) is 23.1 Å². The van der Waals surface area contributed by atoms with Gasteiger partial charge in [0.05, 0.1) is 5.69 Å². The third kappa shape index (κ3) is 1.71. The van der Waals surface area contributed by atoms with Gasteiger partial charge in [0.2, 0.25) is 0 Å². The van der Waals surface area contributed by atoms with E-state index in [0.717, 1.165) is 12.1 Å². The average Bonchev–Trinajstić information content (AvgIpc) is 2.79. The lowest BCUT2D eigenvalue weighted by Crippen LogP contribution is -2.28. The minimum Gasteiger partial charge on any atom is -0.365 e. The van der Waals surface area contributed by atoms with Crippen LogP contribution in [0.2, 0.25) is 0 Å². The molecule has 2 nitrogen and oxygen atoms in total. The molecule has 3 rings (SSSR count). The molecular weight excluding hydrogens is 228 g/mol. The molecule has 0 fully saturated rings. The van der Waals surface area contributed by atoms with Gasteiger partial charge in [-0.25, -0.2) is 0 Å². The van der Waals surface area contributed by atoms with Crippen LogP contribution in [0.4, 0.5) is 5.69 Å². The number of hydrogen-bond acceptors (Lipinski definition) is 3. The molecule has 86 valence electrons.